The van der Waals surface area contributed by atoms with Gasteiger partial charge in [-0.3, -0.25) is 14.8 Å². The van der Waals surface area contributed by atoms with Crippen LogP contribution in [0.3, 0.4) is 0 Å². The van der Waals surface area contributed by atoms with Gasteiger partial charge in [-0.2, -0.15) is 5.10 Å². The van der Waals surface area contributed by atoms with Crippen LogP contribution < -0.4 is 0 Å². The van der Waals surface area contributed by atoms with E-state index in [1.54, 1.807) is 23.3 Å². The monoisotopic (exact) mass is 287 g/mol. The van der Waals surface area contributed by atoms with Gasteiger partial charge in [0.15, 0.2) is 10.6 Å². The molecule has 3 heterocycles. The number of aryl methyl sites for hydroxylation is 1. The maximum atomic E-state index is 5.28. The molecule has 0 aromatic carbocycles. The topological polar surface area (TPSA) is 77.2 Å². The highest BCUT2D eigenvalue weighted by Crippen LogP contribution is 2.15. The maximum Gasteiger partial charge on any atom is 0.195 e. The number of nitrogens with one attached hydrogen (secondary N) is 1. The fraction of sp³-hybridized carbons (Fsp3) is 0.250. The van der Waals surface area contributed by atoms with Gasteiger partial charge in [-0.25, -0.2) is 0 Å². The quantitative estimate of drug-likeness (QED) is 0.722. The van der Waals surface area contributed by atoms with Crippen molar-refractivity contribution in [3.8, 4) is 11.4 Å². The van der Waals surface area contributed by atoms with Gasteiger partial charge in [0.1, 0.15) is 0 Å². The first-order valence-electron chi connectivity index (χ1n) is 6.24. The molecule has 3 aromatic rings. The summed E-state index contributed by atoms with van der Waals surface area (Å²) in [6.45, 7) is 1.55. The third-order valence-electron chi connectivity index (χ3n) is 2.92. The van der Waals surface area contributed by atoms with Crippen molar-refractivity contribution in [2.24, 2.45) is 0 Å². The second-order valence-corrected chi connectivity index (χ2v) is 4.65. The van der Waals surface area contributed by atoms with E-state index in [0.717, 1.165) is 30.9 Å². The summed E-state index contributed by atoms with van der Waals surface area (Å²) in [6.07, 6.45) is 7.92. The van der Waals surface area contributed by atoms with Gasteiger partial charge in [-0.1, -0.05) is 5.21 Å². The normalized spacial score (nSPS) is 10.8. The molecule has 0 spiro atoms. The van der Waals surface area contributed by atoms with E-state index in [4.69, 9.17) is 12.2 Å². The summed E-state index contributed by atoms with van der Waals surface area (Å²) >= 11 is 5.28. The average Bonchev–Trinajstić information content (AvgIpc) is 3.11. The highest BCUT2D eigenvalue weighted by Gasteiger charge is 2.08. The number of aromatic nitrogens is 7. The SMILES string of the molecule is S=c1[nH]nc(-c2cccnc2)n1CCCn1ccnn1. The van der Waals surface area contributed by atoms with Crippen LogP contribution in [-0.2, 0) is 13.1 Å². The predicted molar refractivity (Wildman–Crippen MR) is 75.3 cm³/mol. The van der Waals surface area contributed by atoms with E-state index >= 15 is 0 Å². The molecule has 20 heavy (non-hydrogen) atoms. The Morgan fingerprint density at radius 1 is 1.25 bits per heavy atom. The predicted octanol–water partition coefficient (Wildman–Crippen LogP) is 1.68. The van der Waals surface area contributed by atoms with Crippen LogP contribution in [0.1, 0.15) is 6.42 Å². The molecule has 0 atom stereocenters. The standard InChI is InChI=1S/C12H13N7S/c20-12-16-15-11(10-3-1-4-13-9-10)19(12)7-2-6-18-8-5-14-17-18/h1,3-5,8-9H,2,6-7H2,(H,16,20). The van der Waals surface area contributed by atoms with Gasteiger partial charge in [0.2, 0.25) is 0 Å². The molecule has 0 saturated heterocycles. The molecular weight excluding hydrogens is 274 g/mol. The fourth-order valence-electron chi connectivity index (χ4n) is 1.98. The maximum absolute atomic E-state index is 5.28. The minimum Gasteiger partial charge on any atom is -0.300 e. The Balaban J connectivity index is 1.76. The van der Waals surface area contributed by atoms with Crippen molar-refractivity contribution in [1.29, 1.82) is 0 Å². The molecule has 8 heteroatoms. The lowest BCUT2D eigenvalue weighted by Gasteiger charge is -2.06. The number of hydrogen-bond acceptors (Lipinski definition) is 5. The van der Waals surface area contributed by atoms with Crippen molar-refractivity contribution in [2.75, 3.05) is 0 Å². The van der Waals surface area contributed by atoms with E-state index in [2.05, 4.69) is 25.5 Å². The van der Waals surface area contributed by atoms with Crippen LogP contribution in [0.5, 0.6) is 0 Å². The molecule has 102 valence electrons. The first-order chi connectivity index (χ1) is 9.84. The summed E-state index contributed by atoms with van der Waals surface area (Å²) in [7, 11) is 0. The van der Waals surface area contributed by atoms with Gasteiger partial charge in [0.25, 0.3) is 0 Å². The number of nitrogens with zero attached hydrogens (tertiary/aromatic N) is 6. The van der Waals surface area contributed by atoms with E-state index < -0.39 is 0 Å². The van der Waals surface area contributed by atoms with Gasteiger partial charge in [-0.15, -0.1) is 5.10 Å². The third-order valence-corrected chi connectivity index (χ3v) is 3.23. The van der Waals surface area contributed by atoms with Crippen LogP contribution in [0.2, 0.25) is 0 Å². The first-order valence-corrected chi connectivity index (χ1v) is 6.65. The number of rotatable bonds is 5. The summed E-state index contributed by atoms with van der Waals surface area (Å²) in [5.41, 5.74) is 0.945. The van der Waals surface area contributed by atoms with E-state index in [9.17, 15) is 0 Å². The Morgan fingerprint density at radius 3 is 2.95 bits per heavy atom. The summed E-state index contributed by atoms with van der Waals surface area (Å²) in [5, 5.41) is 14.8. The van der Waals surface area contributed by atoms with Crippen molar-refractivity contribution >= 4 is 12.2 Å². The van der Waals surface area contributed by atoms with Crippen LogP contribution in [0.4, 0.5) is 0 Å². The van der Waals surface area contributed by atoms with Crippen molar-refractivity contribution in [2.45, 2.75) is 19.5 Å². The van der Waals surface area contributed by atoms with Gasteiger partial charge >= 0.3 is 0 Å². The molecule has 0 aliphatic rings. The Bertz CT molecular complexity index is 714. The summed E-state index contributed by atoms with van der Waals surface area (Å²) < 4.78 is 4.39. The molecule has 0 fully saturated rings. The fourth-order valence-corrected chi connectivity index (χ4v) is 2.21. The van der Waals surface area contributed by atoms with Gasteiger partial charge < -0.3 is 4.57 Å². The van der Waals surface area contributed by atoms with Crippen LogP contribution >= 0.6 is 12.2 Å². The number of H-pyrrole nitrogens is 1. The lowest BCUT2D eigenvalue weighted by atomic mass is 10.2. The Labute approximate surface area is 120 Å². The second kappa shape index (κ2) is 5.74. The minimum atomic E-state index is 0.613. The number of aromatic amines is 1. The van der Waals surface area contributed by atoms with Crippen LogP contribution in [-0.4, -0.2) is 34.7 Å². The molecule has 0 bridgehead atoms. The summed E-state index contributed by atoms with van der Waals surface area (Å²) in [5.74, 6) is 0.807. The molecule has 7 nitrogen and oxygen atoms in total. The number of hydrogen-bond donors (Lipinski definition) is 1. The largest absolute Gasteiger partial charge is 0.300 e. The lowest BCUT2D eigenvalue weighted by molar-refractivity contribution is 0.514. The number of pyridine rings is 1. The zero-order valence-electron chi connectivity index (χ0n) is 10.7. The molecule has 0 saturated carbocycles. The molecule has 1 N–H and O–H groups in total. The zero-order chi connectivity index (χ0) is 13.8. The van der Waals surface area contributed by atoms with Crippen molar-refractivity contribution in [1.82, 2.24) is 34.7 Å². The Morgan fingerprint density at radius 2 is 2.20 bits per heavy atom. The first kappa shape index (κ1) is 12.7. The molecule has 0 aliphatic heterocycles. The van der Waals surface area contributed by atoms with Crippen LogP contribution in [0, 0.1) is 4.77 Å². The molecule has 0 amide bonds. The molecule has 0 aliphatic carbocycles. The van der Waals surface area contributed by atoms with Crippen LogP contribution in [0.25, 0.3) is 11.4 Å². The van der Waals surface area contributed by atoms with E-state index in [1.807, 2.05) is 22.9 Å². The van der Waals surface area contributed by atoms with Crippen molar-refractivity contribution < 1.29 is 0 Å². The highest BCUT2D eigenvalue weighted by molar-refractivity contribution is 7.71. The second-order valence-electron chi connectivity index (χ2n) is 4.27. The average molecular weight is 287 g/mol. The van der Waals surface area contributed by atoms with E-state index in [0.29, 0.717) is 4.77 Å². The molecule has 0 unspecified atom stereocenters. The van der Waals surface area contributed by atoms with E-state index in [1.165, 1.54) is 0 Å². The van der Waals surface area contributed by atoms with Gasteiger partial charge in [0, 0.05) is 37.2 Å². The third kappa shape index (κ3) is 2.64. The van der Waals surface area contributed by atoms with Crippen molar-refractivity contribution in [3.63, 3.8) is 0 Å². The Kier molecular flexibility index (Phi) is 3.64. The molecule has 3 rings (SSSR count). The molecule has 3 aromatic heterocycles. The zero-order valence-corrected chi connectivity index (χ0v) is 11.5. The highest BCUT2D eigenvalue weighted by atomic mass is 32.1. The van der Waals surface area contributed by atoms with Gasteiger partial charge in [0.05, 0.1) is 6.20 Å². The van der Waals surface area contributed by atoms with E-state index in [-0.39, 0.29) is 0 Å². The lowest BCUT2D eigenvalue weighted by Crippen LogP contribution is -2.06. The Hall–Kier alpha value is -2.35. The molecule has 0 radical (unpaired) electrons. The van der Waals surface area contributed by atoms with Gasteiger partial charge in [-0.05, 0) is 30.8 Å². The summed E-state index contributed by atoms with van der Waals surface area (Å²) in [4.78, 5) is 4.11. The molecular formula is C12H13N7S. The smallest absolute Gasteiger partial charge is 0.195 e. The minimum absolute atomic E-state index is 0.613. The summed E-state index contributed by atoms with van der Waals surface area (Å²) in [6, 6.07) is 3.85. The van der Waals surface area contributed by atoms with Crippen LogP contribution in [0.15, 0.2) is 36.9 Å². The van der Waals surface area contributed by atoms with Crippen molar-refractivity contribution in [3.05, 3.63) is 41.7 Å².